The average Bonchev–Trinajstić information content (AvgIpc) is 3.27. The topological polar surface area (TPSA) is 42.2 Å². The fraction of sp³-hybridized carbons (Fsp3) is 0.471. The Morgan fingerprint density at radius 1 is 1.29 bits per heavy atom. The van der Waals surface area contributed by atoms with Gasteiger partial charge in [-0.2, -0.15) is 0 Å². The number of aromatic nitrogens is 1. The van der Waals surface area contributed by atoms with Crippen molar-refractivity contribution in [2.24, 2.45) is 5.73 Å². The number of unbranched alkanes of at least 4 members (excludes halogenated alkanes) is 1. The predicted octanol–water partition coefficient (Wildman–Crippen LogP) is 4.04. The summed E-state index contributed by atoms with van der Waals surface area (Å²) in [5, 5.41) is 1.16. The van der Waals surface area contributed by atoms with Gasteiger partial charge in [0, 0.05) is 29.6 Å². The van der Waals surface area contributed by atoms with Crippen LogP contribution in [0.1, 0.15) is 37.5 Å². The zero-order valence-electron chi connectivity index (χ0n) is 12.6. The maximum absolute atomic E-state index is 5.95. The van der Waals surface area contributed by atoms with Gasteiger partial charge in [-0.05, 0) is 19.3 Å². The largest absolute Gasteiger partial charge is 0.345 e. The smallest absolute Gasteiger partial charge is 0.186 e. The van der Waals surface area contributed by atoms with Crippen LogP contribution >= 0.6 is 11.3 Å². The van der Waals surface area contributed by atoms with Crippen LogP contribution in [0.25, 0.3) is 11.3 Å². The monoisotopic (exact) mass is 301 g/mol. The van der Waals surface area contributed by atoms with Crippen LogP contribution in [0.5, 0.6) is 0 Å². The van der Waals surface area contributed by atoms with Gasteiger partial charge in [-0.3, -0.25) is 0 Å². The van der Waals surface area contributed by atoms with Gasteiger partial charge in [-0.1, -0.05) is 55.0 Å². The Bertz CT molecular complexity index is 575. The van der Waals surface area contributed by atoms with E-state index in [-0.39, 0.29) is 0 Å². The quantitative estimate of drug-likeness (QED) is 0.839. The molecule has 0 spiro atoms. The third kappa shape index (κ3) is 3.27. The maximum Gasteiger partial charge on any atom is 0.186 e. The van der Waals surface area contributed by atoms with Crippen molar-refractivity contribution < 1.29 is 0 Å². The van der Waals surface area contributed by atoms with Crippen LogP contribution in [0.4, 0.5) is 5.13 Å². The van der Waals surface area contributed by atoms with E-state index in [0.717, 1.165) is 17.4 Å². The zero-order chi connectivity index (χ0) is 14.7. The molecule has 0 aliphatic heterocycles. The molecule has 0 amide bonds. The van der Waals surface area contributed by atoms with E-state index in [1.54, 1.807) is 11.3 Å². The van der Waals surface area contributed by atoms with Gasteiger partial charge in [0.25, 0.3) is 0 Å². The molecule has 21 heavy (non-hydrogen) atoms. The lowest BCUT2D eigenvalue weighted by atomic mass is 10.1. The van der Waals surface area contributed by atoms with Crippen molar-refractivity contribution in [2.45, 2.75) is 45.2 Å². The molecule has 0 saturated heterocycles. The molecule has 1 aliphatic rings. The number of benzene rings is 1. The molecule has 1 aromatic heterocycles. The summed E-state index contributed by atoms with van der Waals surface area (Å²) in [7, 11) is 0. The number of rotatable bonds is 7. The summed E-state index contributed by atoms with van der Waals surface area (Å²) in [5.41, 5.74) is 8.19. The van der Waals surface area contributed by atoms with Crippen molar-refractivity contribution in [3.05, 3.63) is 35.2 Å². The first kappa shape index (κ1) is 14.5. The van der Waals surface area contributed by atoms with E-state index < -0.39 is 0 Å². The number of thiazole rings is 1. The highest BCUT2D eigenvalue weighted by Crippen LogP contribution is 2.38. The minimum absolute atomic E-state index is 0.564. The molecule has 1 aromatic carbocycles. The van der Waals surface area contributed by atoms with E-state index >= 15 is 0 Å². The van der Waals surface area contributed by atoms with E-state index in [9.17, 15) is 0 Å². The summed E-state index contributed by atoms with van der Waals surface area (Å²) in [6.45, 7) is 3.93. The van der Waals surface area contributed by atoms with Crippen molar-refractivity contribution in [1.29, 1.82) is 0 Å². The Morgan fingerprint density at radius 3 is 2.67 bits per heavy atom. The van der Waals surface area contributed by atoms with Gasteiger partial charge in [-0.25, -0.2) is 4.98 Å². The lowest BCUT2D eigenvalue weighted by Gasteiger charge is -2.20. The third-order valence-electron chi connectivity index (χ3n) is 3.90. The Hall–Kier alpha value is -1.39. The molecule has 2 aromatic rings. The molecule has 0 unspecified atom stereocenters. The van der Waals surface area contributed by atoms with E-state index in [2.05, 4.69) is 36.1 Å². The van der Waals surface area contributed by atoms with Gasteiger partial charge >= 0.3 is 0 Å². The third-order valence-corrected chi connectivity index (χ3v) is 5.02. The molecule has 3 nitrogen and oxygen atoms in total. The molecule has 0 radical (unpaired) electrons. The normalized spacial score (nSPS) is 14.4. The number of hydrogen-bond donors (Lipinski definition) is 1. The molecule has 1 saturated carbocycles. The van der Waals surface area contributed by atoms with Crippen LogP contribution in [0, 0.1) is 0 Å². The van der Waals surface area contributed by atoms with E-state index in [4.69, 9.17) is 10.7 Å². The van der Waals surface area contributed by atoms with Crippen molar-refractivity contribution in [3.8, 4) is 11.3 Å². The average molecular weight is 301 g/mol. The molecule has 112 valence electrons. The van der Waals surface area contributed by atoms with Gasteiger partial charge in [0.05, 0.1) is 5.69 Å². The molecule has 3 rings (SSSR count). The maximum atomic E-state index is 5.95. The van der Waals surface area contributed by atoms with E-state index in [1.165, 1.54) is 36.1 Å². The lowest BCUT2D eigenvalue weighted by molar-refractivity contribution is 0.711. The first-order valence-corrected chi connectivity index (χ1v) is 8.67. The summed E-state index contributed by atoms with van der Waals surface area (Å²) >= 11 is 1.77. The Morgan fingerprint density at radius 2 is 2.05 bits per heavy atom. The van der Waals surface area contributed by atoms with Gasteiger partial charge in [-0.15, -0.1) is 0 Å². The van der Waals surface area contributed by atoms with Crippen LogP contribution in [0.15, 0.2) is 30.3 Å². The van der Waals surface area contributed by atoms with Gasteiger partial charge < -0.3 is 10.6 Å². The van der Waals surface area contributed by atoms with Crippen molar-refractivity contribution >= 4 is 16.5 Å². The summed E-state index contributed by atoms with van der Waals surface area (Å²) < 4.78 is 0. The molecule has 4 heteroatoms. The van der Waals surface area contributed by atoms with Gasteiger partial charge in [0.15, 0.2) is 5.13 Å². The zero-order valence-corrected chi connectivity index (χ0v) is 13.4. The van der Waals surface area contributed by atoms with Crippen molar-refractivity contribution in [3.63, 3.8) is 0 Å². The molecule has 1 aliphatic carbocycles. The molecular weight excluding hydrogens is 278 g/mol. The molecule has 1 heterocycles. The number of hydrogen-bond acceptors (Lipinski definition) is 4. The Balaban J connectivity index is 1.91. The summed E-state index contributed by atoms with van der Waals surface area (Å²) in [6, 6.07) is 11.1. The number of anilines is 1. The summed E-state index contributed by atoms with van der Waals surface area (Å²) in [4.78, 5) is 8.62. The second-order valence-corrected chi connectivity index (χ2v) is 6.68. The summed E-state index contributed by atoms with van der Waals surface area (Å²) in [5.74, 6) is 0. The van der Waals surface area contributed by atoms with Crippen LogP contribution in [-0.4, -0.2) is 17.6 Å². The van der Waals surface area contributed by atoms with Crippen LogP contribution in [0.2, 0.25) is 0 Å². The summed E-state index contributed by atoms with van der Waals surface area (Å²) in [6.07, 6.45) is 5.07. The highest BCUT2D eigenvalue weighted by atomic mass is 32.1. The number of nitrogens with two attached hydrogens (primary N) is 1. The standard InChI is InChI=1S/C17H23N3S/c1-2-3-11-20(14-9-10-14)17-19-16(15(12-18)21-17)13-7-5-4-6-8-13/h4-8,14H,2-3,9-12,18H2,1H3. The molecular formula is C17H23N3S. The molecule has 0 bridgehead atoms. The van der Waals surface area contributed by atoms with E-state index in [0.29, 0.717) is 12.6 Å². The fourth-order valence-corrected chi connectivity index (χ4v) is 3.63. The van der Waals surface area contributed by atoms with Crippen molar-refractivity contribution in [1.82, 2.24) is 4.98 Å². The van der Waals surface area contributed by atoms with Gasteiger partial charge in [0.2, 0.25) is 0 Å². The highest BCUT2D eigenvalue weighted by molar-refractivity contribution is 7.16. The SMILES string of the molecule is CCCCN(c1nc(-c2ccccc2)c(CN)s1)C1CC1. The number of nitrogens with zero attached hydrogens (tertiary/aromatic N) is 2. The first-order chi connectivity index (χ1) is 10.3. The van der Waals surface area contributed by atoms with Gasteiger partial charge in [0.1, 0.15) is 0 Å². The van der Waals surface area contributed by atoms with Crippen LogP contribution < -0.4 is 10.6 Å². The molecule has 1 fully saturated rings. The molecule has 2 N–H and O–H groups in total. The van der Waals surface area contributed by atoms with Crippen LogP contribution in [-0.2, 0) is 6.54 Å². The predicted molar refractivity (Wildman–Crippen MR) is 90.7 cm³/mol. The Kier molecular flexibility index (Phi) is 4.56. The lowest BCUT2D eigenvalue weighted by Crippen LogP contribution is -2.26. The first-order valence-electron chi connectivity index (χ1n) is 7.85. The van der Waals surface area contributed by atoms with Crippen molar-refractivity contribution in [2.75, 3.05) is 11.4 Å². The second-order valence-electron chi connectivity index (χ2n) is 5.62. The molecule has 0 atom stereocenters. The Labute approximate surface area is 130 Å². The van der Waals surface area contributed by atoms with Crippen LogP contribution in [0.3, 0.4) is 0 Å². The minimum atomic E-state index is 0.564. The highest BCUT2D eigenvalue weighted by Gasteiger charge is 2.31. The second kappa shape index (κ2) is 6.58. The van der Waals surface area contributed by atoms with E-state index in [1.807, 2.05) is 6.07 Å². The fourth-order valence-electron chi connectivity index (χ4n) is 2.57. The minimum Gasteiger partial charge on any atom is -0.345 e.